The number of methoxy groups -OCH3 is 2. The van der Waals surface area contributed by atoms with Crippen LogP contribution in [0, 0.1) is 0 Å². The van der Waals surface area contributed by atoms with Crippen LogP contribution in [0.25, 0.3) is 0 Å². The first-order valence-electron chi connectivity index (χ1n) is 5.99. The van der Waals surface area contributed by atoms with E-state index in [1.54, 1.807) is 0 Å². The van der Waals surface area contributed by atoms with E-state index in [2.05, 4.69) is 10.6 Å². The molecular weight excluding hydrogens is 264 g/mol. The lowest BCUT2D eigenvalue weighted by atomic mass is 10.1. The Morgan fingerprint density at radius 3 is 2.65 bits per heavy atom. The molecule has 7 nitrogen and oxygen atoms in total. The summed E-state index contributed by atoms with van der Waals surface area (Å²) < 4.78 is 9.75. The van der Waals surface area contributed by atoms with Crippen molar-refractivity contribution < 1.29 is 24.2 Å². The zero-order chi connectivity index (χ0) is 15.0. The van der Waals surface area contributed by atoms with Crippen molar-refractivity contribution in [1.82, 2.24) is 10.6 Å². The van der Waals surface area contributed by atoms with Crippen molar-refractivity contribution in [2.45, 2.75) is 0 Å². The van der Waals surface area contributed by atoms with Gasteiger partial charge < -0.3 is 25.2 Å². The van der Waals surface area contributed by atoms with Crippen LogP contribution in [0.5, 0.6) is 11.5 Å². The number of hydrogen-bond acceptors (Lipinski definition) is 5. The molecule has 0 aliphatic rings. The Morgan fingerprint density at radius 2 is 2.00 bits per heavy atom. The summed E-state index contributed by atoms with van der Waals surface area (Å²) >= 11 is 0. The summed E-state index contributed by atoms with van der Waals surface area (Å²) in [6.45, 7) is 0.588. The van der Waals surface area contributed by atoms with Crippen molar-refractivity contribution in [3.8, 4) is 11.5 Å². The monoisotopic (exact) mass is 282 g/mol. The minimum atomic E-state index is -0.553. The Hall–Kier alpha value is -2.28. The highest BCUT2D eigenvalue weighted by Crippen LogP contribution is 2.22. The predicted molar refractivity (Wildman–Crippen MR) is 71.9 cm³/mol. The number of rotatable bonds is 7. The maximum Gasteiger partial charge on any atom is 0.255 e. The second-order valence-corrected chi connectivity index (χ2v) is 3.91. The second kappa shape index (κ2) is 8.00. The fraction of sp³-hybridized carbons (Fsp3) is 0.385. The molecule has 0 radical (unpaired) electrons. The van der Waals surface area contributed by atoms with Gasteiger partial charge in [0, 0.05) is 13.7 Å². The molecule has 0 aliphatic carbocycles. The Bertz CT molecular complexity index is 476. The van der Waals surface area contributed by atoms with E-state index in [4.69, 9.17) is 9.47 Å². The lowest BCUT2D eigenvalue weighted by molar-refractivity contribution is -0.120. The summed E-state index contributed by atoms with van der Waals surface area (Å²) in [6, 6.07) is 4.28. The van der Waals surface area contributed by atoms with Gasteiger partial charge in [-0.2, -0.15) is 0 Å². The number of carbonyl (C=O) groups is 2. The summed E-state index contributed by atoms with van der Waals surface area (Å²) in [4.78, 5) is 23.2. The number of amides is 2. The van der Waals surface area contributed by atoms with Crippen molar-refractivity contribution in [2.24, 2.45) is 0 Å². The first-order valence-corrected chi connectivity index (χ1v) is 5.99. The van der Waals surface area contributed by atoms with E-state index in [1.165, 1.54) is 32.4 Å². The van der Waals surface area contributed by atoms with Gasteiger partial charge in [-0.15, -0.1) is 0 Å². The predicted octanol–water partition coefficient (Wildman–Crippen LogP) is -0.107. The number of phenols is 1. The van der Waals surface area contributed by atoms with Crippen LogP contribution in [-0.2, 0) is 9.53 Å². The number of carbonyl (C=O) groups excluding carboxylic acids is 2. The topological polar surface area (TPSA) is 96.9 Å². The minimum Gasteiger partial charge on any atom is -0.507 e. The SMILES string of the molecule is COCCNC(=O)CNC(=O)c1cc(OC)ccc1O. The molecule has 2 amide bonds. The summed E-state index contributed by atoms with van der Waals surface area (Å²) in [5.41, 5.74) is 0.0500. The van der Waals surface area contributed by atoms with Crippen LogP contribution in [0.1, 0.15) is 10.4 Å². The maximum atomic E-state index is 11.8. The normalized spacial score (nSPS) is 9.90. The van der Waals surface area contributed by atoms with E-state index in [-0.39, 0.29) is 23.8 Å². The third-order valence-corrected chi connectivity index (χ3v) is 2.49. The molecule has 0 aromatic heterocycles. The average Bonchev–Trinajstić information content (AvgIpc) is 2.45. The van der Waals surface area contributed by atoms with Gasteiger partial charge in [0.2, 0.25) is 5.91 Å². The van der Waals surface area contributed by atoms with Crippen molar-refractivity contribution in [1.29, 1.82) is 0 Å². The van der Waals surface area contributed by atoms with Crippen molar-refractivity contribution in [3.63, 3.8) is 0 Å². The first-order chi connectivity index (χ1) is 9.58. The Balaban J connectivity index is 2.52. The highest BCUT2D eigenvalue weighted by molar-refractivity contribution is 5.99. The average molecular weight is 282 g/mol. The Kier molecular flexibility index (Phi) is 6.31. The molecule has 110 valence electrons. The standard InChI is InChI=1S/C13H18N2O5/c1-19-6-5-14-12(17)8-15-13(18)10-7-9(20-2)3-4-11(10)16/h3-4,7,16H,5-6,8H2,1-2H3,(H,14,17)(H,15,18). The van der Waals surface area contributed by atoms with E-state index in [1.807, 2.05) is 0 Å². The van der Waals surface area contributed by atoms with Crippen LogP contribution >= 0.6 is 0 Å². The molecule has 0 bridgehead atoms. The van der Waals surface area contributed by atoms with E-state index in [9.17, 15) is 14.7 Å². The number of ether oxygens (including phenoxy) is 2. The minimum absolute atomic E-state index is 0.0500. The van der Waals surface area contributed by atoms with Crippen LogP contribution in [0.15, 0.2) is 18.2 Å². The van der Waals surface area contributed by atoms with Gasteiger partial charge >= 0.3 is 0 Å². The molecule has 0 atom stereocenters. The summed E-state index contributed by atoms with van der Waals surface area (Å²) in [5.74, 6) is -0.623. The third kappa shape index (κ3) is 4.77. The molecule has 0 fully saturated rings. The Morgan fingerprint density at radius 1 is 1.25 bits per heavy atom. The van der Waals surface area contributed by atoms with Crippen LogP contribution in [0.2, 0.25) is 0 Å². The molecule has 1 aromatic rings. The molecule has 1 aromatic carbocycles. The fourth-order valence-electron chi connectivity index (χ4n) is 1.43. The highest BCUT2D eigenvalue weighted by atomic mass is 16.5. The van der Waals surface area contributed by atoms with Crippen LogP contribution < -0.4 is 15.4 Å². The molecule has 0 saturated heterocycles. The van der Waals surface area contributed by atoms with Gasteiger partial charge in [-0.1, -0.05) is 0 Å². The molecule has 7 heteroatoms. The van der Waals surface area contributed by atoms with Gasteiger partial charge in [-0.3, -0.25) is 9.59 Å². The Labute approximate surface area is 116 Å². The van der Waals surface area contributed by atoms with Crippen molar-refractivity contribution in [3.05, 3.63) is 23.8 Å². The zero-order valence-electron chi connectivity index (χ0n) is 11.4. The van der Waals surface area contributed by atoms with E-state index in [0.717, 1.165) is 0 Å². The number of aromatic hydroxyl groups is 1. The van der Waals surface area contributed by atoms with Crippen LogP contribution in [0.4, 0.5) is 0 Å². The molecule has 3 N–H and O–H groups in total. The maximum absolute atomic E-state index is 11.8. The smallest absolute Gasteiger partial charge is 0.255 e. The van der Waals surface area contributed by atoms with Gasteiger partial charge in [0.05, 0.1) is 25.8 Å². The fourth-order valence-corrected chi connectivity index (χ4v) is 1.43. The molecule has 0 saturated carbocycles. The molecule has 0 unspecified atom stereocenters. The summed E-state index contributed by atoms with van der Waals surface area (Å²) in [5, 5.41) is 14.6. The summed E-state index contributed by atoms with van der Waals surface area (Å²) in [7, 11) is 2.98. The lowest BCUT2D eigenvalue weighted by Gasteiger charge is -2.09. The van der Waals surface area contributed by atoms with Gasteiger partial charge in [0.1, 0.15) is 11.5 Å². The number of phenolic OH excluding ortho intramolecular Hbond substituents is 1. The molecule has 0 spiro atoms. The number of benzene rings is 1. The molecule has 1 rings (SSSR count). The van der Waals surface area contributed by atoms with E-state index < -0.39 is 5.91 Å². The first kappa shape index (κ1) is 15.8. The number of hydrogen-bond donors (Lipinski definition) is 3. The molecular formula is C13H18N2O5. The molecule has 20 heavy (non-hydrogen) atoms. The van der Waals surface area contributed by atoms with Crippen molar-refractivity contribution in [2.75, 3.05) is 33.9 Å². The quantitative estimate of drug-likeness (QED) is 0.606. The van der Waals surface area contributed by atoms with Gasteiger partial charge in [-0.05, 0) is 18.2 Å². The molecule has 0 heterocycles. The zero-order valence-corrected chi connectivity index (χ0v) is 11.4. The van der Waals surface area contributed by atoms with E-state index >= 15 is 0 Å². The highest BCUT2D eigenvalue weighted by Gasteiger charge is 2.13. The second-order valence-electron chi connectivity index (χ2n) is 3.91. The van der Waals surface area contributed by atoms with Gasteiger partial charge in [0.15, 0.2) is 0 Å². The number of nitrogens with one attached hydrogen (secondary N) is 2. The lowest BCUT2D eigenvalue weighted by Crippen LogP contribution is -2.38. The largest absolute Gasteiger partial charge is 0.507 e. The van der Waals surface area contributed by atoms with Gasteiger partial charge in [0.25, 0.3) is 5.91 Å². The molecule has 0 aliphatic heterocycles. The third-order valence-electron chi connectivity index (χ3n) is 2.49. The van der Waals surface area contributed by atoms with Gasteiger partial charge in [-0.25, -0.2) is 0 Å². The van der Waals surface area contributed by atoms with Crippen LogP contribution in [-0.4, -0.2) is 50.8 Å². The van der Waals surface area contributed by atoms with Crippen LogP contribution in [0.3, 0.4) is 0 Å². The van der Waals surface area contributed by atoms with Crippen molar-refractivity contribution >= 4 is 11.8 Å². The van der Waals surface area contributed by atoms with E-state index in [0.29, 0.717) is 18.9 Å². The summed E-state index contributed by atoms with van der Waals surface area (Å²) in [6.07, 6.45) is 0.